The van der Waals surface area contributed by atoms with Crippen LogP contribution in [0.4, 0.5) is 0 Å². The fourth-order valence-corrected chi connectivity index (χ4v) is 3.51. The van der Waals surface area contributed by atoms with Crippen LogP contribution in [0.1, 0.15) is 66.2 Å². The van der Waals surface area contributed by atoms with Crippen LogP contribution in [0.25, 0.3) is 10.9 Å². The van der Waals surface area contributed by atoms with E-state index in [0.717, 1.165) is 28.6 Å². The molecule has 8 nitrogen and oxygen atoms in total. The second-order valence-electron chi connectivity index (χ2n) is 9.29. The maximum Gasteiger partial charge on any atom is 0.302 e. The smallest absolute Gasteiger partial charge is 0.302 e. The number of carbonyl (C=O) groups is 2. The molecule has 0 saturated heterocycles. The molecule has 0 aliphatic carbocycles. The molecule has 1 N–H and O–H groups in total. The molecule has 0 aliphatic rings. The third kappa shape index (κ3) is 8.37. The number of fused-ring (bicyclic) bond motifs is 1. The molecule has 0 bridgehead atoms. The van der Waals surface area contributed by atoms with Gasteiger partial charge in [0.1, 0.15) is 11.4 Å². The first-order valence-electron chi connectivity index (χ1n) is 11.4. The lowest BCUT2D eigenvalue weighted by Crippen LogP contribution is -2.29. The molecule has 1 heterocycles. The Kier molecular flexibility index (Phi) is 9.73. The molecule has 1 aromatic heterocycles. The third-order valence-electron chi connectivity index (χ3n) is 5.27. The van der Waals surface area contributed by atoms with Gasteiger partial charge in [-0.2, -0.15) is 0 Å². The largest absolute Gasteiger partial charge is 0.497 e. The van der Waals surface area contributed by atoms with Crippen LogP contribution in [-0.2, 0) is 30.5 Å². The van der Waals surface area contributed by atoms with Gasteiger partial charge in [-0.1, -0.05) is 13.8 Å². The lowest BCUT2D eigenvalue weighted by molar-refractivity contribution is -0.395. The summed E-state index contributed by atoms with van der Waals surface area (Å²) in [5, 5.41) is 3.91. The highest BCUT2D eigenvalue weighted by molar-refractivity contribution is 5.85. The summed E-state index contributed by atoms with van der Waals surface area (Å²) in [7, 11) is 1.64. The van der Waals surface area contributed by atoms with Gasteiger partial charge in [-0.3, -0.25) is 9.59 Å². The van der Waals surface area contributed by atoms with Crippen molar-refractivity contribution >= 4 is 22.8 Å². The highest BCUT2D eigenvalue weighted by Crippen LogP contribution is 2.32. The van der Waals surface area contributed by atoms with Gasteiger partial charge in [-0.15, -0.1) is 0 Å². The predicted octanol–water partition coefficient (Wildman–Crippen LogP) is 4.55. The fourth-order valence-electron chi connectivity index (χ4n) is 3.51. The molecule has 33 heavy (non-hydrogen) atoms. The summed E-state index contributed by atoms with van der Waals surface area (Å²) in [5.74, 6) is 0.763. The number of nitrogens with zero attached hydrogens (tertiary/aromatic N) is 1. The quantitative estimate of drug-likeness (QED) is 0.267. The summed E-state index contributed by atoms with van der Waals surface area (Å²) >= 11 is 0. The molecule has 0 radical (unpaired) electrons. The molecule has 1 atom stereocenters. The van der Waals surface area contributed by atoms with Crippen molar-refractivity contribution in [2.75, 3.05) is 20.3 Å². The third-order valence-corrected chi connectivity index (χ3v) is 5.27. The van der Waals surface area contributed by atoms with Gasteiger partial charge in [0.2, 0.25) is 5.91 Å². The Balaban J connectivity index is 2.30. The second-order valence-corrected chi connectivity index (χ2v) is 9.29. The topological polar surface area (TPSA) is 88.0 Å². The number of amides is 1. The molecule has 1 unspecified atom stereocenters. The van der Waals surface area contributed by atoms with Crippen molar-refractivity contribution in [3.63, 3.8) is 0 Å². The summed E-state index contributed by atoms with van der Waals surface area (Å²) in [6.45, 7) is 11.8. The molecule has 2 aromatic rings. The van der Waals surface area contributed by atoms with Crippen LogP contribution in [0, 0.1) is 5.92 Å². The van der Waals surface area contributed by atoms with E-state index in [9.17, 15) is 9.59 Å². The highest BCUT2D eigenvalue weighted by Gasteiger charge is 2.25. The van der Waals surface area contributed by atoms with E-state index in [1.54, 1.807) is 7.11 Å². The van der Waals surface area contributed by atoms with Gasteiger partial charge in [0.05, 0.1) is 19.2 Å². The molecular formula is C25H38N2O6. The number of esters is 1. The molecule has 0 spiro atoms. The zero-order chi connectivity index (χ0) is 24.6. The molecule has 184 valence electrons. The van der Waals surface area contributed by atoms with E-state index in [2.05, 4.69) is 29.9 Å². The normalized spacial score (nSPS) is 12.7. The Bertz CT molecular complexity index is 934. The summed E-state index contributed by atoms with van der Waals surface area (Å²) in [4.78, 5) is 34.2. The number of carbonyl (C=O) groups excluding carboxylic acids is 2. The molecule has 1 amide bonds. The van der Waals surface area contributed by atoms with Gasteiger partial charge in [0.15, 0.2) is 6.23 Å². The number of hydrogen-bond donors (Lipinski definition) is 1. The maximum absolute atomic E-state index is 11.3. The number of aromatic nitrogens is 1. The molecule has 2 rings (SSSR count). The maximum atomic E-state index is 11.3. The number of rotatable bonds is 13. The number of hydrogen-bond acceptors (Lipinski definition) is 6. The monoisotopic (exact) mass is 462 g/mol. The van der Waals surface area contributed by atoms with Crippen molar-refractivity contribution in [1.82, 2.24) is 9.88 Å². The van der Waals surface area contributed by atoms with Crippen LogP contribution in [0.3, 0.4) is 0 Å². The van der Waals surface area contributed by atoms with Crippen molar-refractivity contribution in [3.8, 4) is 5.75 Å². The first-order valence-corrected chi connectivity index (χ1v) is 11.4. The summed E-state index contributed by atoms with van der Waals surface area (Å²) in [6.07, 6.45) is 3.63. The minimum atomic E-state index is -0.634. The number of benzene rings is 1. The lowest BCUT2D eigenvalue weighted by atomic mass is 10.1. The van der Waals surface area contributed by atoms with Gasteiger partial charge >= 0.3 is 5.97 Å². The molecule has 0 fully saturated rings. The lowest BCUT2D eigenvalue weighted by Gasteiger charge is -2.28. The number of nitrogens with one attached hydrogen (secondary N) is 1. The van der Waals surface area contributed by atoms with E-state index in [-0.39, 0.29) is 24.7 Å². The van der Waals surface area contributed by atoms with Crippen molar-refractivity contribution < 1.29 is 28.8 Å². The second kappa shape index (κ2) is 12.0. The Morgan fingerprint density at radius 3 is 2.52 bits per heavy atom. The summed E-state index contributed by atoms with van der Waals surface area (Å²) in [5.41, 5.74) is 1.45. The Morgan fingerprint density at radius 1 is 1.18 bits per heavy atom. The average Bonchev–Trinajstić information content (AvgIpc) is 3.08. The summed E-state index contributed by atoms with van der Waals surface area (Å²) < 4.78 is 12.6. The SMILES string of the molecule is COc1ccc2c(c1)c(CCNC(C)=O)cn2C(CC(C)C)OOC(C)(C)CCOC(C)=O. The Hall–Kier alpha value is -2.58. The minimum absolute atomic E-state index is 0.0540. The van der Waals surface area contributed by atoms with Crippen LogP contribution < -0.4 is 10.1 Å². The van der Waals surface area contributed by atoms with Crippen LogP contribution in [0.5, 0.6) is 5.75 Å². The van der Waals surface area contributed by atoms with E-state index >= 15 is 0 Å². The van der Waals surface area contributed by atoms with Gasteiger partial charge < -0.3 is 19.4 Å². The zero-order valence-corrected chi connectivity index (χ0v) is 20.9. The molecule has 1 aromatic carbocycles. The zero-order valence-electron chi connectivity index (χ0n) is 20.9. The average molecular weight is 463 g/mol. The van der Waals surface area contributed by atoms with E-state index in [1.165, 1.54) is 13.8 Å². The Labute approximate surface area is 196 Å². The van der Waals surface area contributed by atoms with Crippen LogP contribution in [0.2, 0.25) is 0 Å². The first kappa shape index (κ1) is 26.7. The predicted molar refractivity (Wildman–Crippen MR) is 127 cm³/mol. The van der Waals surface area contributed by atoms with Crippen LogP contribution in [-0.4, -0.2) is 42.3 Å². The minimum Gasteiger partial charge on any atom is -0.497 e. The van der Waals surface area contributed by atoms with Crippen molar-refractivity contribution in [1.29, 1.82) is 0 Å². The molecule has 0 aliphatic heterocycles. The van der Waals surface area contributed by atoms with E-state index < -0.39 is 5.60 Å². The van der Waals surface area contributed by atoms with E-state index in [4.69, 9.17) is 19.2 Å². The van der Waals surface area contributed by atoms with E-state index in [1.807, 2.05) is 32.0 Å². The number of ether oxygens (including phenoxy) is 2. The Morgan fingerprint density at radius 2 is 1.91 bits per heavy atom. The van der Waals surface area contributed by atoms with Gasteiger partial charge in [0, 0.05) is 38.4 Å². The summed E-state index contributed by atoms with van der Waals surface area (Å²) in [6, 6.07) is 5.94. The van der Waals surface area contributed by atoms with Gasteiger partial charge in [-0.25, -0.2) is 9.78 Å². The molecule has 0 saturated carbocycles. The van der Waals surface area contributed by atoms with Crippen LogP contribution >= 0.6 is 0 Å². The number of methoxy groups -OCH3 is 1. The van der Waals surface area contributed by atoms with Crippen molar-refractivity contribution in [2.24, 2.45) is 5.92 Å². The van der Waals surface area contributed by atoms with Crippen LogP contribution in [0.15, 0.2) is 24.4 Å². The van der Waals surface area contributed by atoms with Crippen molar-refractivity contribution in [3.05, 3.63) is 30.0 Å². The van der Waals surface area contributed by atoms with E-state index in [0.29, 0.717) is 25.3 Å². The molecular weight excluding hydrogens is 424 g/mol. The van der Waals surface area contributed by atoms with Gasteiger partial charge in [-0.05, 0) is 56.4 Å². The molecule has 8 heteroatoms. The first-order chi connectivity index (χ1) is 15.5. The van der Waals surface area contributed by atoms with Gasteiger partial charge in [0.25, 0.3) is 0 Å². The van der Waals surface area contributed by atoms with Crippen molar-refractivity contribution in [2.45, 2.75) is 72.6 Å². The highest BCUT2D eigenvalue weighted by atomic mass is 17.2. The fraction of sp³-hybridized carbons (Fsp3) is 0.600. The standard InChI is InChI=1S/C25H38N2O6/c1-17(2)14-24(32-33-25(5,6)11-13-31-19(4)29)27-16-20(10-12-26-18(3)28)22-15-21(30-7)8-9-23(22)27/h8-9,15-17,24H,10-14H2,1-7H3,(H,26,28).